The minimum atomic E-state index is -3.36. The van der Waals surface area contributed by atoms with Gasteiger partial charge in [0.15, 0.2) is 17.6 Å². The topological polar surface area (TPSA) is 111 Å². The first-order valence-electron chi connectivity index (χ1n) is 11.1. The Bertz CT molecular complexity index is 1290. The number of hydrogen-bond donors (Lipinski definition) is 1. The molecule has 1 aliphatic rings. The molecular weight excluding hydrogens is 481 g/mol. The third-order valence-electron chi connectivity index (χ3n) is 5.19. The van der Waals surface area contributed by atoms with Gasteiger partial charge in [-0.25, -0.2) is 32.9 Å². The zero-order chi connectivity index (χ0) is 26.3. The second kappa shape index (κ2) is 9.28. The van der Waals surface area contributed by atoms with Crippen molar-refractivity contribution in [2.75, 3.05) is 18.4 Å². The monoisotopic (exact) mass is 506 g/mol. The van der Waals surface area contributed by atoms with Crippen LogP contribution in [0.2, 0.25) is 0 Å². The summed E-state index contributed by atoms with van der Waals surface area (Å²) in [6.07, 6.45) is 2.69. The molecule has 0 spiro atoms. The lowest BCUT2D eigenvalue weighted by molar-refractivity contribution is -0.138. The molecule has 1 N–H and O–H groups in total. The number of imidazole rings is 1. The van der Waals surface area contributed by atoms with Crippen LogP contribution in [0.15, 0.2) is 30.9 Å². The SMILES string of the molecule is Cc1cn2cc(NC(=O)c3cnc(OC4CCN(C(=O)OC(C)(C)C)CC4(F)F)cn3)cc(F)c2n1. The fourth-order valence-corrected chi connectivity index (χ4v) is 3.63. The summed E-state index contributed by atoms with van der Waals surface area (Å²) in [4.78, 5) is 37.4. The van der Waals surface area contributed by atoms with Gasteiger partial charge in [0.2, 0.25) is 5.88 Å². The number of fused-ring (bicyclic) bond motifs is 1. The summed E-state index contributed by atoms with van der Waals surface area (Å²) < 4.78 is 55.5. The van der Waals surface area contributed by atoms with Gasteiger partial charge in [-0.05, 0) is 27.7 Å². The Kier molecular flexibility index (Phi) is 6.50. The summed E-state index contributed by atoms with van der Waals surface area (Å²) >= 11 is 0. The van der Waals surface area contributed by atoms with E-state index in [4.69, 9.17) is 9.47 Å². The van der Waals surface area contributed by atoms with Crippen molar-refractivity contribution in [2.45, 2.75) is 51.7 Å². The van der Waals surface area contributed by atoms with E-state index in [1.165, 1.54) is 10.6 Å². The average molecular weight is 506 g/mol. The standard InChI is InChI=1S/C23H25F3N6O4/c1-13-10-32-11-14(7-15(24)19(32)29-13)30-20(33)16-8-28-18(9-27-16)35-17-5-6-31(12-23(17,25)26)21(34)36-22(2,3)4/h7-11,17H,5-6,12H2,1-4H3,(H,30,33). The molecule has 1 unspecified atom stereocenters. The molecule has 10 nitrogen and oxygen atoms in total. The van der Waals surface area contributed by atoms with Crippen molar-refractivity contribution in [3.05, 3.63) is 48.1 Å². The fraction of sp³-hybridized carbons (Fsp3) is 0.435. The lowest BCUT2D eigenvalue weighted by atomic mass is 10.0. The highest BCUT2D eigenvalue weighted by Crippen LogP contribution is 2.31. The van der Waals surface area contributed by atoms with E-state index < -0.39 is 42.0 Å². The number of likely N-dealkylation sites (tertiary alicyclic amines) is 1. The number of carbonyl (C=O) groups excluding carboxylic acids is 2. The van der Waals surface area contributed by atoms with Crippen LogP contribution in [0.4, 0.5) is 23.7 Å². The van der Waals surface area contributed by atoms with Crippen molar-refractivity contribution in [1.82, 2.24) is 24.3 Å². The van der Waals surface area contributed by atoms with E-state index in [0.717, 1.165) is 23.4 Å². The fourth-order valence-electron chi connectivity index (χ4n) is 3.63. The van der Waals surface area contributed by atoms with E-state index in [1.807, 2.05) is 0 Å². The Morgan fingerprint density at radius 1 is 1.19 bits per heavy atom. The molecule has 36 heavy (non-hydrogen) atoms. The minimum Gasteiger partial charge on any atom is -0.467 e. The van der Waals surface area contributed by atoms with E-state index >= 15 is 0 Å². The molecule has 0 saturated carbocycles. The summed E-state index contributed by atoms with van der Waals surface area (Å²) in [7, 11) is 0. The number of aryl methyl sites for hydroxylation is 1. The highest BCUT2D eigenvalue weighted by molar-refractivity contribution is 6.02. The van der Waals surface area contributed by atoms with Crippen LogP contribution < -0.4 is 10.1 Å². The number of amides is 2. The molecule has 0 radical (unpaired) electrons. The van der Waals surface area contributed by atoms with Gasteiger partial charge in [-0.1, -0.05) is 0 Å². The average Bonchev–Trinajstić information content (AvgIpc) is 3.15. The number of carbonyl (C=O) groups is 2. The molecule has 1 fully saturated rings. The predicted molar refractivity (Wildman–Crippen MR) is 122 cm³/mol. The molecule has 0 bridgehead atoms. The van der Waals surface area contributed by atoms with Crippen LogP contribution in [0.5, 0.6) is 5.88 Å². The van der Waals surface area contributed by atoms with Crippen molar-refractivity contribution in [3.8, 4) is 5.88 Å². The number of alkyl halides is 2. The van der Waals surface area contributed by atoms with Gasteiger partial charge in [0.05, 0.1) is 30.3 Å². The molecule has 2 amide bonds. The Hall–Kier alpha value is -3.90. The van der Waals surface area contributed by atoms with Crippen molar-refractivity contribution in [1.29, 1.82) is 0 Å². The number of aromatic nitrogens is 4. The number of nitrogens with one attached hydrogen (secondary N) is 1. The lowest BCUT2D eigenvalue weighted by Crippen LogP contribution is -2.56. The number of piperidine rings is 1. The summed E-state index contributed by atoms with van der Waals surface area (Å²) in [6, 6.07) is 1.12. The Labute approximate surface area is 204 Å². The van der Waals surface area contributed by atoms with Gasteiger partial charge in [0, 0.05) is 31.4 Å². The summed E-state index contributed by atoms with van der Waals surface area (Å²) in [6.45, 7) is 5.82. The largest absolute Gasteiger partial charge is 0.467 e. The van der Waals surface area contributed by atoms with Crippen LogP contribution in [-0.2, 0) is 4.74 Å². The second-order valence-electron chi connectivity index (χ2n) is 9.44. The second-order valence-corrected chi connectivity index (χ2v) is 9.44. The highest BCUT2D eigenvalue weighted by atomic mass is 19.3. The Balaban J connectivity index is 1.38. The number of hydrogen-bond acceptors (Lipinski definition) is 7. The van der Waals surface area contributed by atoms with Gasteiger partial charge in [0.25, 0.3) is 5.91 Å². The van der Waals surface area contributed by atoms with E-state index in [2.05, 4.69) is 20.3 Å². The van der Waals surface area contributed by atoms with Crippen LogP contribution in [0.1, 0.15) is 43.4 Å². The quantitative estimate of drug-likeness (QED) is 0.572. The van der Waals surface area contributed by atoms with Gasteiger partial charge in [0.1, 0.15) is 11.3 Å². The summed E-state index contributed by atoms with van der Waals surface area (Å²) in [5.74, 6) is -4.86. The zero-order valence-electron chi connectivity index (χ0n) is 20.1. The first-order valence-corrected chi connectivity index (χ1v) is 11.1. The molecule has 192 valence electrons. The zero-order valence-corrected chi connectivity index (χ0v) is 20.1. The molecule has 4 rings (SSSR count). The van der Waals surface area contributed by atoms with Crippen molar-refractivity contribution >= 4 is 23.3 Å². The predicted octanol–water partition coefficient (Wildman–Crippen LogP) is 3.85. The maximum atomic E-state index is 14.7. The molecule has 3 aromatic heterocycles. The molecule has 3 aromatic rings. The number of halogens is 3. The first kappa shape index (κ1) is 25.2. The molecule has 13 heteroatoms. The minimum absolute atomic E-state index is 0.0143. The third kappa shape index (κ3) is 5.66. The van der Waals surface area contributed by atoms with Crippen LogP contribution in [0.25, 0.3) is 5.65 Å². The number of nitrogens with zero attached hydrogens (tertiary/aromatic N) is 5. The van der Waals surface area contributed by atoms with E-state index in [1.54, 1.807) is 33.9 Å². The maximum Gasteiger partial charge on any atom is 0.410 e. The summed E-state index contributed by atoms with van der Waals surface area (Å²) in [5, 5.41) is 2.51. The van der Waals surface area contributed by atoms with Crippen molar-refractivity contribution in [2.24, 2.45) is 0 Å². The van der Waals surface area contributed by atoms with E-state index in [9.17, 15) is 22.8 Å². The molecule has 1 atom stereocenters. The van der Waals surface area contributed by atoms with Gasteiger partial charge in [-0.3, -0.25) is 4.79 Å². The molecule has 4 heterocycles. The normalized spacial score (nSPS) is 17.6. The van der Waals surface area contributed by atoms with Crippen LogP contribution >= 0.6 is 0 Å². The van der Waals surface area contributed by atoms with Crippen molar-refractivity contribution in [3.63, 3.8) is 0 Å². The van der Waals surface area contributed by atoms with Gasteiger partial charge in [-0.15, -0.1) is 0 Å². The molecule has 0 aliphatic carbocycles. The molecule has 1 saturated heterocycles. The molecule has 1 aliphatic heterocycles. The number of rotatable bonds is 4. The van der Waals surface area contributed by atoms with Crippen molar-refractivity contribution < 1.29 is 32.2 Å². The smallest absolute Gasteiger partial charge is 0.410 e. The van der Waals surface area contributed by atoms with E-state index in [-0.39, 0.29) is 35.9 Å². The lowest BCUT2D eigenvalue weighted by Gasteiger charge is -2.38. The third-order valence-corrected chi connectivity index (χ3v) is 5.19. The van der Waals surface area contributed by atoms with Gasteiger partial charge >= 0.3 is 12.0 Å². The number of anilines is 1. The number of pyridine rings is 1. The molecule has 0 aromatic carbocycles. The van der Waals surface area contributed by atoms with Crippen LogP contribution in [0, 0.1) is 12.7 Å². The maximum absolute atomic E-state index is 14.7. The van der Waals surface area contributed by atoms with E-state index in [0.29, 0.717) is 5.69 Å². The highest BCUT2D eigenvalue weighted by Gasteiger charge is 2.48. The van der Waals surface area contributed by atoms with Gasteiger partial charge < -0.3 is 24.1 Å². The van der Waals surface area contributed by atoms with Crippen LogP contribution in [-0.4, -0.2) is 67.0 Å². The first-order chi connectivity index (χ1) is 16.8. The Morgan fingerprint density at radius 2 is 1.94 bits per heavy atom. The summed E-state index contributed by atoms with van der Waals surface area (Å²) in [5.41, 5.74) is -0.0273. The van der Waals surface area contributed by atoms with Crippen LogP contribution in [0.3, 0.4) is 0 Å². The molecular formula is C23H25F3N6O4. The number of ether oxygens (including phenoxy) is 2. The Morgan fingerprint density at radius 3 is 2.58 bits per heavy atom. The van der Waals surface area contributed by atoms with Gasteiger partial charge in [-0.2, -0.15) is 0 Å².